The number of allylic oxidation sites excluding steroid dienone is 2. The molecular formula is C19H26N2O3S. The maximum Gasteiger partial charge on any atom is 0.243 e. The van der Waals surface area contributed by atoms with Gasteiger partial charge in [-0.15, -0.1) is 0 Å². The molecule has 0 saturated carbocycles. The summed E-state index contributed by atoms with van der Waals surface area (Å²) in [7, 11) is -3.49. The second kappa shape index (κ2) is 7.70. The molecule has 1 aliphatic heterocycles. The molecular weight excluding hydrogens is 336 g/mol. The minimum atomic E-state index is -3.49. The maximum absolute atomic E-state index is 12.8. The molecule has 1 aliphatic carbocycles. The van der Waals surface area contributed by atoms with E-state index in [1.54, 1.807) is 22.5 Å². The summed E-state index contributed by atoms with van der Waals surface area (Å²) in [6, 6.07) is 5.02. The first-order valence-corrected chi connectivity index (χ1v) is 10.5. The number of aryl methyl sites for hydroxylation is 1. The lowest BCUT2D eigenvalue weighted by atomic mass is 9.93. The summed E-state index contributed by atoms with van der Waals surface area (Å²) in [6.45, 7) is 3.03. The third-order valence-corrected chi connectivity index (χ3v) is 6.95. The largest absolute Gasteiger partial charge is 0.326 e. The molecule has 0 spiro atoms. The fourth-order valence-corrected chi connectivity index (χ4v) is 4.96. The fraction of sp³-hybridized carbons (Fsp3) is 0.526. The Morgan fingerprint density at radius 2 is 1.92 bits per heavy atom. The topological polar surface area (TPSA) is 66.5 Å². The van der Waals surface area contributed by atoms with Crippen molar-refractivity contribution in [3.63, 3.8) is 0 Å². The normalized spacial score (nSPS) is 21.9. The average molecular weight is 362 g/mol. The summed E-state index contributed by atoms with van der Waals surface area (Å²) in [5, 5.41) is 2.94. The van der Waals surface area contributed by atoms with E-state index in [0.717, 1.165) is 44.1 Å². The van der Waals surface area contributed by atoms with E-state index in [1.807, 2.05) is 13.0 Å². The smallest absolute Gasteiger partial charge is 0.243 e. The summed E-state index contributed by atoms with van der Waals surface area (Å²) in [5.41, 5.74) is 1.47. The Morgan fingerprint density at radius 3 is 2.60 bits per heavy atom. The molecule has 2 aliphatic rings. The molecule has 1 N–H and O–H groups in total. The van der Waals surface area contributed by atoms with E-state index in [4.69, 9.17) is 0 Å². The van der Waals surface area contributed by atoms with Crippen molar-refractivity contribution >= 4 is 21.6 Å². The van der Waals surface area contributed by atoms with Crippen LogP contribution in [0.1, 0.15) is 44.1 Å². The Kier molecular flexibility index (Phi) is 5.59. The quantitative estimate of drug-likeness (QED) is 0.834. The number of benzene rings is 1. The first-order chi connectivity index (χ1) is 12.0. The van der Waals surface area contributed by atoms with E-state index >= 15 is 0 Å². The molecule has 1 aromatic rings. The Balaban J connectivity index is 1.80. The van der Waals surface area contributed by atoms with E-state index in [2.05, 4.69) is 11.4 Å². The van der Waals surface area contributed by atoms with E-state index in [1.165, 1.54) is 0 Å². The van der Waals surface area contributed by atoms with Gasteiger partial charge in [0.1, 0.15) is 0 Å². The zero-order valence-electron chi connectivity index (χ0n) is 14.7. The van der Waals surface area contributed by atoms with Crippen LogP contribution in [0.15, 0.2) is 35.2 Å². The highest BCUT2D eigenvalue weighted by molar-refractivity contribution is 7.89. The van der Waals surface area contributed by atoms with Gasteiger partial charge in [-0.05, 0) is 56.7 Å². The number of hydrogen-bond acceptors (Lipinski definition) is 3. The van der Waals surface area contributed by atoms with Crippen molar-refractivity contribution in [3.05, 3.63) is 35.9 Å². The monoisotopic (exact) mass is 362 g/mol. The molecule has 0 radical (unpaired) electrons. The number of hydrogen-bond donors (Lipinski definition) is 1. The SMILES string of the molecule is Cc1ccc(S(=O)(=O)N2CCCCC2)cc1NC(=O)[C@@H]1CC=CCC1. The molecule has 136 valence electrons. The van der Waals surface area contributed by atoms with Crippen molar-refractivity contribution in [3.8, 4) is 0 Å². The molecule has 0 unspecified atom stereocenters. The van der Waals surface area contributed by atoms with E-state index in [9.17, 15) is 13.2 Å². The second-order valence-electron chi connectivity index (χ2n) is 6.91. The number of amides is 1. The lowest BCUT2D eigenvalue weighted by Crippen LogP contribution is -2.35. The van der Waals surface area contributed by atoms with Gasteiger partial charge in [0, 0.05) is 24.7 Å². The van der Waals surface area contributed by atoms with Gasteiger partial charge >= 0.3 is 0 Å². The van der Waals surface area contributed by atoms with E-state index in [0.29, 0.717) is 18.8 Å². The molecule has 3 rings (SSSR count). The molecule has 1 saturated heterocycles. The molecule has 0 bridgehead atoms. The van der Waals surface area contributed by atoms with Gasteiger partial charge in [-0.25, -0.2) is 8.42 Å². The predicted molar refractivity (Wildman–Crippen MR) is 98.9 cm³/mol. The van der Waals surface area contributed by atoms with Crippen LogP contribution in [-0.2, 0) is 14.8 Å². The number of anilines is 1. The van der Waals surface area contributed by atoms with Crippen LogP contribution in [0.5, 0.6) is 0 Å². The van der Waals surface area contributed by atoms with Gasteiger partial charge in [0.2, 0.25) is 15.9 Å². The molecule has 1 heterocycles. The highest BCUT2D eigenvalue weighted by Crippen LogP contribution is 2.26. The third kappa shape index (κ3) is 4.12. The van der Waals surface area contributed by atoms with Crippen molar-refractivity contribution in [1.29, 1.82) is 0 Å². The zero-order valence-corrected chi connectivity index (χ0v) is 15.5. The lowest BCUT2D eigenvalue weighted by molar-refractivity contribution is -0.120. The van der Waals surface area contributed by atoms with Gasteiger partial charge in [0.25, 0.3) is 0 Å². The second-order valence-corrected chi connectivity index (χ2v) is 8.85. The molecule has 1 aromatic carbocycles. The summed E-state index contributed by atoms with van der Waals surface area (Å²) in [4.78, 5) is 12.7. The Morgan fingerprint density at radius 1 is 1.16 bits per heavy atom. The average Bonchev–Trinajstić information content (AvgIpc) is 2.64. The van der Waals surface area contributed by atoms with Crippen LogP contribution in [0.4, 0.5) is 5.69 Å². The summed E-state index contributed by atoms with van der Waals surface area (Å²) in [5.74, 6) is -0.0632. The predicted octanol–water partition coefficient (Wildman–Crippen LogP) is 3.46. The number of carbonyl (C=O) groups excluding carboxylic acids is 1. The summed E-state index contributed by atoms with van der Waals surface area (Å²) < 4.78 is 27.2. The summed E-state index contributed by atoms with van der Waals surface area (Å²) in [6.07, 6.45) is 9.54. The lowest BCUT2D eigenvalue weighted by Gasteiger charge is -2.26. The van der Waals surface area contributed by atoms with Gasteiger partial charge in [-0.2, -0.15) is 4.31 Å². The molecule has 6 heteroatoms. The number of carbonyl (C=O) groups is 1. The van der Waals surface area contributed by atoms with Gasteiger partial charge in [-0.1, -0.05) is 24.6 Å². The summed E-state index contributed by atoms with van der Waals surface area (Å²) >= 11 is 0. The van der Waals surface area contributed by atoms with E-state index in [-0.39, 0.29) is 16.7 Å². The van der Waals surface area contributed by atoms with Crippen LogP contribution < -0.4 is 5.32 Å². The minimum absolute atomic E-state index is 0.0278. The van der Waals surface area contributed by atoms with Crippen LogP contribution >= 0.6 is 0 Å². The number of nitrogens with one attached hydrogen (secondary N) is 1. The van der Waals surface area contributed by atoms with Gasteiger partial charge in [0.15, 0.2) is 0 Å². The molecule has 1 amide bonds. The number of rotatable bonds is 4. The van der Waals surface area contributed by atoms with Crippen molar-refractivity contribution < 1.29 is 13.2 Å². The van der Waals surface area contributed by atoms with Crippen molar-refractivity contribution in [2.24, 2.45) is 5.92 Å². The molecule has 1 atom stereocenters. The van der Waals surface area contributed by atoms with Crippen LogP contribution in [0.2, 0.25) is 0 Å². The standard InChI is InChI=1S/C19H26N2O3S/c1-15-10-11-17(25(23,24)21-12-6-3-7-13-21)14-18(15)20-19(22)16-8-4-2-5-9-16/h2,4,10-11,14,16H,3,5-9,12-13H2,1H3,(H,20,22)/t16-/m1/s1. The fourth-order valence-electron chi connectivity index (χ4n) is 3.42. The minimum Gasteiger partial charge on any atom is -0.326 e. The third-order valence-electron chi connectivity index (χ3n) is 5.06. The number of piperidine rings is 1. The maximum atomic E-state index is 12.8. The number of nitrogens with zero attached hydrogens (tertiary/aromatic N) is 1. The first-order valence-electron chi connectivity index (χ1n) is 9.05. The van der Waals surface area contributed by atoms with Crippen LogP contribution in [0, 0.1) is 12.8 Å². The highest BCUT2D eigenvalue weighted by atomic mass is 32.2. The Hall–Kier alpha value is -1.66. The van der Waals surface area contributed by atoms with Gasteiger partial charge in [-0.3, -0.25) is 4.79 Å². The zero-order chi connectivity index (χ0) is 17.9. The molecule has 25 heavy (non-hydrogen) atoms. The molecule has 5 nitrogen and oxygen atoms in total. The number of sulfonamides is 1. The van der Waals surface area contributed by atoms with Crippen molar-refractivity contribution in [2.75, 3.05) is 18.4 Å². The van der Waals surface area contributed by atoms with E-state index < -0.39 is 10.0 Å². The molecule has 1 fully saturated rings. The van der Waals surface area contributed by atoms with Gasteiger partial charge < -0.3 is 5.32 Å². The highest BCUT2D eigenvalue weighted by Gasteiger charge is 2.27. The first kappa shape index (κ1) is 18.1. The van der Waals surface area contributed by atoms with Crippen LogP contribution in [0.3, 0.4) is 0 Å². The Bertz CT molecular complexity index is 765. The van der Waals surface area contributed by atoms with Crippen LogP contribution in [-0.4, -0.2) is 31.7 Å². The van der Waals surface area contributed by atoms with Crippen LogP contribution in [0.25, 0.3) is 0 Å². The Labute approximate surface area is 150 Å². The van der Waals surface area contributed by atoms with Gasteiger partial charge in [0.05, 0.1) is 4.90 Å². The van der Waals surface area contributed by atoms with Crippen molar-refractivity contribution in [2.45, 2.75) is 50.3 Å². The van der Waals surface area contributed by atoms with Crippen molar-refractivity contribution in [1.82, 2.24) is 4.31 Å². The molecule has 0 aromatic heterocycles.